The van der Waals surface area contributed by atoms with Gasteiger partial charge in [-0.2, -0.15) is 5.10 Å². The molecule has 0 bridgehead atoms. The van der Waals surface area contributed by atoms with E-state index in [0.29, 0.717) is 6.54 Å². The first-order valence-electron chi connectivity index (χ1n) is 8.29. The summed E-state index contributed by atoms with van der Waals surface area (Å²) in [6, 6.07) is 0.238. The summed E-state index contributed by atoms with van der Waals surface area (Å²) in [7, 11) is 3.75. The van der Waals surface area contributed by atoms with Crippen molar-refractivity contribution >= 4 is 5.96 Å². The van der Waals surface area contributed by atoms with Crippen LogP contribution in [0.25, 0.3) is 0 Å². The van der Waals surface area contributed by atoms with Gasteiger partial charge in [-0.25, -0.2) is 0 Å². The van der Waals surface area contributed by atoms with Crippen LogP contribution in [0.1, 0.15) is 36.6 Å². The molecule has 0 radical (unpaired) electrons. The van der Waals surface area contributed by atoms with Crippen LogP contribution in [0.3, 0.4) is 0 Å². The van der Waals surface area contributed by atoms with Crippen molar-refractivity contribution < 1.29 is 0 Å². The minimum atomic E-state index is 0.238. The number of hydrogen-bond acceptors (Lipinski definition) is 4. The molecule has 0 saturated carbocycles. The third kappa shape index (κ3) is 4.12. The minimum absolute atomic E-state index is 0.238. The maximum Gasteiger partial charge on any atom is 0.191 e. The Morgan fingerprint density at radius 2 is 2.12 bits per heavy atom. The fraction of sp³-hybridized carbons (Fsp3) is 0.625. The van der Waals surface area contributed by atoms with Crippen LogP contribution in [0, 0.1) is 13.8 Å². The van der Waals surface area contributed by atoms with Gasteiger partial charge in [-0.15, -0.1) is 10.2 Å². The molecule has 0 spiro atoms. The van der Waals surface area contributed by atoms with Crippen LogP contribution < -0.4 is 10.6 Å². The number of guanidine groups is 1. The van der Waals surface area contributed by atoms with E-state index in [1.54, 1.807) is 13.4 Å². The number of nitrogens with zero attached hydrogens (tertiary/aromatic N) is 6. The van der Waals surface area contributed by atoms with Gasteiger partial charge in [0.1, 0.15) is 6.33 Å². The molecule has 1 atom stereocenters. The van der Waals surface area contributed by atoms with Crippen molar-refractivity contribution in [1.82, 2.24) is 35.2 Å². The highest BCUT2D eigenvalue weighted by Crippen LogP contribution is 2.14. The van der Waals surface area contributed by atoms with E-state index in [1.165, 1.54) is 11.3 Å². The van der Waals surface area contributed by atoms with E-state index in [9.17, 15) is 0 Å². The second-order valence-electron chi connectivity index (χ2n) is 5.98. The van der Waals surface area contributed by atoms with Gasteiger partial charge in [-0.3, -0.25) is 9.67 Å². The Labute approximate surface area is 143 Å². The first-order valence-corrected chi connectivity index (χ1v) is 8.29. The Morgan fingerprint density at radius 3 is 2.71 bits per heavy atom. The van der Waals surface area contributed by atoms with Crippen LogP contribution in [-0.4, -0.2) is 43.6 Å². The number of aryl methyl sites for hydroxylation is 3. The zero-order valence-electron chi connectivity index (χ0n) is 15.5. The van der Waals surface area contributed by atoms with Crippen LogP contribution in [0.5, 0.6) is 0 Å². The van der Waals surface area contributed by atoms with Crippen molar-refractivity contribution in [2.75, 3.05) is 7.05 Å². The summed E-state index contributed by atoms with van der Waals surface area (Å²) >= 11 is 0. The molecule has 24 heavy (non-hydrogen) atoms. The SMILES string of the molecule is CCn1cnnc1CNC(=NC)NC(C)Cc1c(C)nn(C)c1C. The highest BCUT2D eigenvalue weighted by atomic mass is 15.3. The minimum Gasteiger partial charge on any atom is -0.354 e. The molecular weight excluding hydrogens is 304 g/mol. The summed E-state index contributed by atoms with van der Waals surface area (Å²) < 4.78 is 3.94. The van der Waals surface area contributed by atoms with Crippen molar-refractivity contribution in [2.24, 2.45) is 12.0 Å². The number of nitrogens with one attached hydrogen (secondary N) is 2. The molecule has 0 saturated heterocycles. The van der Waals surface area contributed by atoms with Gasteiger partial charge in [0.2, 0.25) is 0 Å². The van der Waals surface area contributed by atoms with Crippen LogP contribution in [0.2, 0.25) is 0 Å². The lowest BCUT2D eigenvalue weighted by Crippen LogP contribution is -2.43. The van der Waals surface area contributed by atoms with Gasteiger partial charge >= 0.3 is 0 Å². The summed E-state index contributed by atoms with van der Waals surface area (Å²) in [4.78, 5) is 4.29. The molecule has 0 amide bonds. The molecule has 0 aromatic carbocycles. The molecule has 0 aliphatic heterocycles. The van der Waals surface area contributed by atoms with Gasteiger partial charge in [0.05, 0.1) is 12.2 Å². The number of aliphatic imine (C=N–C) groups is 1. The largest absolute Gasteiger partial charge is 0.354 e. The van der Waals surface area contributed by atoms with E-state index in [2.05, 4.69) is 58.6 Å². The first-order chi connectivity index (χ1) is 11.5. The monoisotopic (exact) mass is 332 g/mol. The summed E-state index contributed by atoms with van der Waals surface area (Å²) in [5.41, 5.74) is 3.58. The predicted molar refractivity (Wildman–Crippen MR) is 94.9 cm³/mol. The lowest BCUT2D eigenvalue weighted by atomic mass is 10.1. The fourth-order valence-corrected chi connectivity index (χ4v) is 2.74. The molecule has 132 valence electrons. The molecule has 2 N–H and O–H groups in total. The van der Waals surface area contributed by atoms with Gasteiger partial charge < -0.3 is 15.2 Å². The van der Waals surface area contributed by atoms with Gasteiger partial charge in [-0.1, -0.05) is 0 Å². The van der Waals surface area contributed by atoms with Crippen LogP contribution in [0.4, 0.5) is 0 Å². The van der Waals surface area contributed by atoms with E-state index < -0.39 is 0 Å². The molecule has 2 rings (SSSR count). The quantitative estimate of drug-likeness (QED) is 0.607. The molecular formula is C16H28N8. The normalized spacial score (nSPS) is 13.2. The van der Waals surface area contributed by atoms with E-state index in [4.69, 9.17) is 0 Å². The molecule has 1 unspecified atom stereocenters. The highest BCUT2D eigenvalue weighted by Gasteiger charge is 2.14. The summed E-state index contributed by atoms with van der Waals surface area (Å²) in [6.07, 6.45) is 2.64. The average Bonchev–Trinajstić information content (AvgIpc) is 3.11. The standard InChI is InChI=1S/C16H28N8/c1-7-24-10-19-21-15(24)9-18-16(17-5)20-11(2)8-14-12(3)22-23(6)13(14)4/h10-11H,7-9H2,1-6H3,(H2,17,18,20). The van der Waals surface area contributed by atoms with E-state index in [1.807, 2.05) is 16.3 Å². The molecule has 8 heteroatoms. The Hall–Kier alpha value is -2.38. The topological polar surface area (TPSA) is 84.9 Å². The first kappa shape index (κ1) is 18.0. The van der Waals surface area contributed by atoms with Crippen LogP contribution in [-0.2, 0) is 26.6 Å². The van der Waals surface area contributed by atoms with E-state index >= 15 is 0 Å². The number of aromatic nitrogens is 5. The summed E-state index contributed by atoms with van der Waals surface area (Å²) in [5, 5.41) is 19.3. The summed E-state index contributed by atoms with van der Waals surface area (Å²) in [5.74, 6) is 1.65. The number of hydrogen-bond donors (Lipinski definition) is 2. The lowest BCUT2D eigenvalue weighted by Gasteiger charge is -2.18. The molecule has 2 aromatic heterocycles. The van der Waals surface area contributed by atoms with Gasteiger partial charge in [0.25, 0.3) is 0 Å². The van der Waals surface area contributed by atoms with Gasteiger partial charge in [0.15, 0.2) is 11.8 Å². The zero-order chi connectivity index (χ0) is 17.7. The maximum atomic E-state index is 4.48. The molecule has 0 aliphatic carbocycles. The second-order valence-corrected chi connectivity index (χ2v) is 5.98. The van der Waals surface area contributed by atoms with Crippen molar-refractivity contribution in [1.29, 1.82) is 0 Å². The molecule has 0 fully saturated rings. The number of rotatable bonds is 6. The second kappa shape index (κ2) is 7.94. The maximum absolute atomic E-state index is 4.48. The molecule has 2 heterocycles. The van der Waals surface area contributed by atoms with Crippen molar-refractivity contribution in [2.45, 2.75) is 53.2 Å². The summed E-state index contributed by atoms with van der Waals surface area (Å²) in [6.45, 7) is 9.82. The van der Waals surface area contributed by atoms with E-state index in [-0.39, 0.29) is 6.04 Å². The fourth-order valence-electron chi connectivity index (χ4n) is 2.74. The van der Waals surface area contributed by atoms with Crippen LogP contribution >= 0.6 is 0 Å². The zero-order valence-corrected chi connectivity index (χ0v) is 15.5. The van der Waals surface area contributed by atoms with Gasteiger partial charge in [-0.05, 0) is 39.7 Å². The predicted octanol–water partition coefficient (Wildman–Crippen LogP) is 0.945. The average molecular weight is 332 g/mol. The third-order valence-corrected chi connectivity index (χ3v) is 4.23. The molecule has 0 aliphatic rings. The van der Waals surface area contributed by atoms with Crippen molar-refractivity contribution in [3.05, 3.63) is 29.1 Å². The third-order valence-electron chi connectivity index (χ3n) is 4.23. The Kier molecular flexibility index (Phi) is 5.94. The Bertz CT molecular complexity index is 697. The van der Waals surface area contributed by atoms with Crippen molar-refractivity contribution in [3.8, 4) is 0 Å². The van der Waals surface area contributed by atoms with Crippen molar-refractivity contribution in [3.63, 3.8) is 0 Å². The Morgan fingerprint density at radius 1 is 1.38 bits per heavy atom. The van der Waals surface area contributed by atoms with E-state index in [0.717, 1.165) is 30.4 Å². The lowest BCUT2D eigenvalue weighted by molar-refractivity contribution is 0.622. The smallest absolute Gasteiger partial charge is 0.191 e. The molecule has 2 aromatic rings. The van der Waals surface area contributed by atoms with Gasteiger partial charge in [0, 0.05) is 32.4 Å². The molecule has 8 nitrogen and oxygen atoms in total. The Balaban J connectivity index is 1.92. The van der Waals surface area contributed by atoms with Crippen LogP contribution in [0.15, 0.2) is 11.3 Å². The highest BCUT2D eigenvalue weighted by molar-refractivity contribution is 5.79.